The van der Waals surface area contributed by atoms with Gasteiger partial charge in [0.25, 0.3) is 0 Å². The molecule has 3 saturated carbocycles. The van der Waals surface area contributed by atoms with Crippen molar-refractivity contribution >= 4 is 11.9 Å². The van der Waals surface area contributed by atoms with Crippen LogP contribution in [0.25, 0.3) is 0 Å². The first-order valence-corrected chi connectivity index (χ1v) is 6.09. The van der Waals surface area contributed by atoms with Crippen molar-refractivity contribution in [2.24, 2.45) is 10.8 Å². The molecule has 0 unspecified atom stereocenters. The van der Waals surface area contributed by atoms with Crippen LogP contribution in [0.15, 0.2) is 12.2 Å². The predicted octanol–water partition coefficient (Wildman–Crippen LogP) is 1.41. The Morgan fingerprint density at radius 1 is 1.35 bits per heavy atom. The molecule has 17 heavy (non-hydrogen) atoms. The van der Waals surface area contributed by atoms with Crippen molar-refractivity contribution in [1.29, 1.82) is 0 Å². The number of carbonyl (C=O) groups is 2. The van der Waals surface area contributed by atoms with Gasteiger partial charge in [0.05, 0.1) is 12.5 Å². The largest absolute Gasteiger partial charge is 0.466 e. The minimum atomic E-state index is -0.394. The van der Waals surface area contributed by atoms with Crippen molar-refractivity contribution in [3.05, 3.63) is 12.2 Å². The molecule has 0 saturated heterocycles. The smallest absolute Gasteiger partial charge is 0.330 e. The predicted molar refractivity (Wildman–Crippen MR) is 63.2 cm³/mol. The maximum absolute atomic E-state index is 11.9. The van der Waals surface area contributed by atoms with E-state index in [-0.39, 0.29) is 11.3 Å². The summed E-state index contributed by atoms with van der Waals surface area (Å²) in [5.41, 5.74) is 0.411. The first-order chi connectivity index (χ1) is 8.06. The molecular formula is C13H19NO3. The lowest BCUT2D eigenvalue weighted by atomic mass is 9.34. The van der Waals surface area contributed by atoms with Gasteiger partial charge in [-0.3, -0.25) is 4.79 Å². The van der Waals surface area contributed by atoms with Gasteiger partial charge in [0, 0.05) is 12.6 Å². The number of rotatable bonds is 5. The van der Waals surface area contributed by atoms with Crippen LogP contribution < -0.4 is 5.32 Å². The third-order valence-corrected chi connectivity index (χ3v) is 4.21. The van der Waals surface area contributed by atoms with Crippen LogP contribution in [0.5, 0.6) is 0 Å². The lowest BCUT2D eigenvalue weighted by Gasteiger charge is -2.69. The van der Waals surface area contributed by atoms with Crippen LogP contribution in [0.3, 0.4) is 0 Å². The Kier molecular flexibility index (Phi) is 2.98. The third-order valence-electron chi connectivity index (χ3n) is 4.21. The van der Waals surface area contributed by atoms with E-state index in [2.05, 4.69) is 17.0 Å². The van der Waals surface area contributed by atoms with Crippen LogP contribution in [-0.2, 0) is 14.3 Å². The average Bonchev–Trinajstić information content (AvgIpc) is 2.21. The summed E-state index contributed by atoms with van der Waals surface area (Å²) in [5, 5.41) is 2.85. The van der Waals surface area contributed by atoms with Gasteiger partial charge in [0.15, 0.2) is 0 Å². The molecule has 0 radical (unpaired) electrons. The van der Waals surface area contributed by atoms with E-state index in [0.717, 1.165) is 19.3 Å². The van der Waals surface area contributed by atoms with Crippen LogP contribution in [-0.4, -0.2) is 25.5 Å². The average molecular weight is 237 g/mol. The highest BCUT2D eigenvalue weighted by atomic mass is 16.5. The fourth-order valence-electron chi connectivity index (χ4n) is 3.18. The summed E-state index contributed by atoms with van der Waals surface area (Å²) in [6.07, 6.45) is 7.26. The highest BCUT2D eigenvalue weighted by molar-refractivity contribution is 5.86. The minimum absolute atomic E-state index is 0.0743. The second-order valence-electron chi connectivity index (χ2n) is 5.30. The molecule has 3 aliphatic rings. The van der Waals surface area contributed by atoms with Crippen LogP contribution in [0.4, 0.5) is 0 Å². The summed E-state index contributed by atoms with van der Waals surface area (Å²) < 4.78 is 4.45. The quantitative estimate of drug-likeness (QED) is 0.581. The molecule has 4 heteroatoms. The topological polar surface area (TPSA) is 55.4 Å². The molecular weight excluding hydrogens is 218 g/mol. The Balaban J connectivity index is 1.70. The maximum Gasteiger partial charge on any atom is 0.330 e. The van der Waals surface area contributed by atoms with Crippen molar-refractivity contribution in [3.8, 4) is 0 Å². The molecule has 4 nitrogen and oxygen atoms in total. The molecule has 0 heterocycles. The van der Waals surface area contributed by atoms with Crippen molar-refractivity contribution in [3.63, 3.8) is 0 Å². The molecule has 3 fully saturated rings. The Morgan fingerprint density at radius 2 is 2.00 bits per heavy atom. The second kappa shape index (κ2) is 4.17. The van der Waals surface area contributed by atoms with E-state index in [9.17, 15) is 9.59 Å². The molecule has 0 aromatic heterocycles. The highest BCUT2D eigenvalue weighted by Crippen LogP contribution is 2.74. The molecule has 0 atom stereocenters. The summed E-state index contributed by atoms with van der Waals surface area (Å²) in [6, 6.07) is 0. The van der Waals surface area contributed by atoms with Crippen molar-refractivity contribution in [2.45, 2.75) is 32.6 Å². The molecule has 0 aromatic carbocycles. The number of ether oxygens (including phenoxy) is 1. The fourth-order valence-corrected chi connectivity index (χ4v) is 3.18. The van der Waals surface area contributed by atoms with Gasteiger partial charge in [-0.05, 0) is 24.7 Å². The van der Waals surface area contributed by atoms with Crippen LogP contribution >= 0.6 is 0 Å². The number of hydrogen-bond donors (Lipinski definition) is 1. The number of carbonyl (C=O) groups excluding carboxylic acids is 2. The molecule has 0 aromatic rings. The molecule has 0 spiro atoms. The summed E-state index contributed by atoms with van der Waals surface area (Å²) >= 11 is 0. The lowest BCUT2D eigenvalue weighted by molar-refractivity contribution is -0.208. The van der Waals surface area contributed by atoms with Gasteiger partial charge in [-0.15, -0.1) is 0 Å². The molecule has 0 aliphatic heterocycles. The second-order valence-corrected chi connectivity index (χ2v) is 5.30. The van der Waals surface area contributed by atoms with E-state index in [0.29, 0.717) is 12.0 Å². The zero-order valence-corrected chi connectivity index (χ0v) is 10.4. The number of methoxy groups -OCH3 is 1. The van der Waals surface area contributed by atoms with E-state index < -0.39 is 5.97 Å². The Hall–Kier alpha value is -1.32. The maximum atomic E-state index is 11.9. The summed E-state index contributed by atoms with van der Waals surface area (Å²) in [6.45, 7) is 2.59. The van der Waals surface area contributed by atoms with Crippen molar-refractivity contribution < 1.29 is 14.3 Å². The van der Waals surface area contributed by atoms with E-state index >= 15 is 0 Å². The van der Waals surface area contributed by atoms with Gasteiger partial charge in [-0.25, -0.2) is 4.79 Å². The zero-order valence-electron chi connectivity index (χ0n) is 10.4. The molecule has 94 valence electrons. The molecule has 1 N–H and O–H groups in total. The zero-order chi connectivity index (χ0) is 12.5. The van der Waals surface area contributed by atoms with Gasteiger partial charge >= 0.3 is 5.97 Å². The number of esters is 1. The van der Waals surface area contributed by atoms with E-state index in [1.54, 1.807) is 6.08 Å². The Morgan fingerprint density at radius 3 is 2.53 bits per heavy atom. The van der Waals surface area contributed by atoms with Crippen LogP contribution in [0, 0.1) is 10.8 Å². The van der Waals surface area contributed by atoms with Gasteiger partial charge in [-0.1, -0.05) is 19.4 Å². The van der Waals surface area contributed by atoms with Crippen LogP contribution in [0.2, 0.25) is 0 Å². The minimum Gasteiger partial charge on any atom is -0.466 e. The van der Waals surface area contributed by atoms with Gasteiger partial charge in [-0.2, -0.15) is 0 Å². The van der Waals surface area contributed by atoms with Crippen molar-refractivity contribution in [2.75, 3.05) is 13.7 Å². The molecule has 2 bridgehead atoms. The summed E-state index contributed by atoms with van der Waals surface area (Å²) in [5.74, 6) is -0.253. The third kappa shape index (κ3) is 1.96. The van der Waals surface area contributed by atoms with Crippen molar-refractivity contribution in [1.82, 2.24) is 5.32 Å². The normalized spacial score (nSPS) is 33.8. The summed E-state index contributed by atoms with van der Waals surface area (Å²) in [7, 11) is 1.33. The van der Waals surface area contributed by atoms with E-state index in [4.69, 9.17) is 0 Å². The lowest BCUT2D eigenvalue weighted by Crippen LogP contribution is -2.67. The first kappa shape index (κ1) is 12.1. The van der Waals surface area contributed by atoms with Crippen LogP contribution in [0.1, 0.15) is 32.6 Å². The number of hydrogen-bond acceptors (Lipinski definition) is 3. The monoisotopic (exact) mass is 237 g/mol. The van der Waals surface area contributed by atoms with Gasteiger partial charge < -0.3 is 10.1 Å². The fraction of sp³-hybridized carbons (Fsp3) is 0.692. The Bertz CT molecular complexity index is 353. The standard InChI is InChI=1S/C13H19NO3/c1-3-12-7-13(8-12,9-12)11(16)14-6-4-5-10(15)17-2/h4-5H,3,6-9H2,1-2H3,(H,14,16)/b5-4+. The number of nitrogens with one attached hydrogen (secondary N) is 1. The summed E-state index contributed by atoms with van der Waals surface area (Å²) in [4.78, 5) is 22.7. The first-order valence-electron chi connectivity index (χ1n) is 6.09. The highest BCUT2D eigenvalue weighted by Gasteiger charge is 2.69. The van der Waals surface area contributed by atoms with E-state index in [1.165, 1.54) is 19.6 Å². The molecule has 1 amide bonds. The number of amides is 1. The van der Waals surface area contributed by atoms with E-state index in [1.807, 2.05) is 0 Å². The Labute approximate surface area is 101 Å². The SMILES string of the molecule is CCC12CC(C(=O)NC/C=C/C(=O)OC)(C1)C2. The molecule has 3 aliphatic carbocycles. The molecule has 3 rings (SSSR count). The van der Waals surface area contributed by atoms with Gasteiger partial charge in [0.1, 0.15) is 0 Å². The van der Waals surface area contributed by atoms with Gasteiger partial charge in [0.2, 0.25) is 5.91 Å².